The number of nitrogens with one attached hydrogen (secondary N) is 1. The molecule has 4 aromatic carbocycles. The monoisotopic (exact) mass is 627 g/mol. The summed E-state index contributed by atoms with van der Waals surface area (Å²) in [6, 6.07) is 27.9. The van der Waals surface area contributed by atoms with Gasteiger partial charge in [0.2, 0.25) is 11.2 Å². The van der Waals surface area contributed by atoms with Crippen LogP contribution in [0.3, 0.4) is 0 Å². The fraction of sp³-hybridized carbons (Fsp3) is 0.114. The van der Waals surface area contributed by atoms with Crippen LogP contribution >= 0.6 is 0 Å². The van der Waals surface area contributed by atoms with E-state index in [0.29, 0.717) is 16.5 Å². The Morgan fingerprint density at radius 3 is 2.15 bits per heavy atom. The molecular weight excluding hydrogens is 603 g/mol. The highest BCUT2D eigenvalue weighted by atomic mass is 19.4. The van der Waals surface area contributed by atoms with E-state index in [0.717, 1.165) is 11.6 Å². The van der Waals surface area contributed by atoms with Crippen LogP contribution in [0.4, 0.5) is 18.0 Å². The summed E-state index contributed by atoms with van der Waals surface area (Å²) in [5.74, 6) is -2.98. The number of ether oxygens (including phenoxy) is 2. The molecule has 0 saturated heterocycles. The molecule has 0 aliphatic heterocycles. The molecule has 6 aromatic rings. The second-order valence-corrected chi connectivity index (χ2v) is 10.3. The van der Waals surface area contributed by atoms with Gasteiger partial charge < -0.3 is 23.6 Å². The van der Waals surface area contributed by atoms with Crippen LogP contribution in [0.2, 0.25) is 0 Å². The Morgan fingerprint density at radius 1 is 0.783 bits per heavy atom. The first-order valence-electron chi connectivity index (χ1n) is 14.1. The molecular formula is C35H24F3NO7. The number of alkyl halides is 3. The quantitative estimate of drug-likeness (QED) is 0.136. The van der Waals surface area contributed by atoms with E-state index in [1.165, 1.54) is 18.2 Å². The van der Waals surface area contributed by atoms with Crippen molar-refractivity contribution >= 4 is 34.0 Å². The van der Waals surface area contributed by atoms with Crippen LogP contribution in [0.5, 0.6) is 5.75 Å². The SMILES string of the molecule is O=C(NC(Cc1ccccc1)C(=O)Oc1ccc2c(=O)c(-c3cc4ccccc4o3)c(C(F)(F)F)oc2c1)OCc1ccccc1. The molecule has 6 rings (SSSR count). The molecule has 0 aliphatic rings. The zero-order valence-electron chi connectivity index (χ0n) is 23.9. The lowest BCUT2D eigenvalue weighted by Gasteiger charge is -2.18. The second kappa shape index (κ2) is 12.6. The Labute approximate surface area is 259 Å². The number of hydrogen-bond donors (Lipinski definition) is 1. The number of carbonyl (C=O) groups excluding carboxylic acids is 2. The first kappa shape index (κ1) is 30.2. The van der Waals surface area contributed by atoms with Gasteiger partial charge in [0.1, 0.15) is 40.9 Å². The molecule has 0 aliphatic carbocycles. The number of fused-ring (bicyclic) bond motifs is 2. The van der Waals surface area contributed by atoms with Gasteiger partial charge >= 0.3 is 18.2 Å². The maximum atomic E-state index is 14.2. The van der Waals surface area contributed by atoms with Crippen molar-refractivity contribution in [2.75, 3.05) is 0 Å². The molecule has 1 unspecified atom stereocenters. The standard InChI is InChI=1S/C35H24F3NO7/c36-35(37,38)32-30(29-18-23-13-7-8-14-27(23)45-29)31(40)25-16-15-24(19-28(25)46-32)44-33(41)26(17-21-9-3-1-4-10-21)39-34(42)43-20-22-11-5-2-6-12-22/h1-16,18-19,26H,17,20H2,(H,39,42). The summed E-state index contributed by atoms with van der Waals surface area (Å²) in [6.07, 6.45) is -5.90. The molecule has 11 heteroatoms. The van der Waals surface area contributed by atoms with Crippen LogP contribution in [-0.4, -0.2) is 18.1 Å². The Kier molecular flexibility index (Phi) is 8.30. The van der Waals surface area contributed by atoms with E-state index in [2.05, 4.69) is 5.32 Å². The van der Waals surface area contributed by atoms with Gasteiger partial charge in [-0.3, -0.25) is 4.79 Å². The lowest BCUT2D eigenvalue weighted by molar-refractivity contribution is -0.152. The fourth-order valence-electron chi connectivity index (χ4n) is 4.90. The third kappa shape index (κ3) is 6.63. The number of halogens is 3. The maximum Gasteiger partial charge on any atom is 0.450 e. The third-order valence-corrected chi connectivity index (χ3v) is 7.08. The van der Waals surface area contributed by atoms with E-state index in [1.54, 1.807) is 78.9 Å². The van der Waals surface area contributed by atoms with Crippen molar-refractivity contribution in [2.24, 2.45) is 0 Å². The number of benzene rings is 4. The summed E-state index contributed by atoms with van der Waals surface area (Å²) >= 11 is 0. The van der Waals surface area contributed by atoms with E-state index >= 15 is 0 Å². The summed E-state index contributed by atoms with van der Waals surface area (Å²) in [5.41, 5.74) is -0.478. The summed E-state index contributed by atoms with van der Waals surface area (Å²) < 4.78 is 64.1. The summed E-state index contributed by atoms with van der Waals surface area (Å²) in [7, 11) is 0. The molecule has 232 valence electrons. The molecule has 1 N–H and O–H groups in total. The number of amides is 1. The van der Waals surface area contributed by atoms with Crippen molar-refractivity contribution in [3.05, 3.63) is 136 Å². The Morgan fingerprint density at radius 2 is 1.46 bits per heavy atom. The maximum absolute atomic E-state index is 14.2. The van der Waals surface area contributed by atoms with Gasteiger partial charge in [-0.15, -0.1) is 0 Å². The Hall–Kier alpha value is -5.84. The highest BCUT2D eigenvalue weighted by Gasteiger charge is 2.40. The van der Waals surface area contributed by atoms with Crippen molar-refractivity contribution in [1.82, 2.24) is 5.32 Å². The van der Waals surface area contributed by atoms with E-state index in [-0.39, 0.29) is 29.9 Å². The molecule has 1 amide bonds. The Bertz CT molecular complexity index is 2050. The van der Waals surface area contributed by atoms with Gasteiger partial charge in [0.25, 0.3) is 0 Å². The van der Waals surface area contributed by atoms with Crippen molar-refractivity contribution < 1.29 is 41.1 Å². The number of alkyl carbamates (subject to hydrolysis) is 1. The van der Waals surface area contributed by atoms with Crippen LogP contribution in [0, 0.1) is 0 Å². The minimum atomic E-state index is -5.06. The van der Waals surface area contributed by atoms with Gasteiger partial charge in [-0.25, -0.2) is 9.59 Å². The fourth-order valence-corrected chi connectivity index (χ4v) is 4.90. The summed E-state index contributed by atoms with van der Waals surface area (Å²) in [6.45, 7) is -0.0406. The van der Waals surface area contributed by atoms with Gasteiger partial charge in [-0.1, -0.05) is 78.9 Å². The minimum Gasteiger partial charge on any atom is -0.456 e. The lowest BCUT2D eigenvalue weighted by atomic mass is 10.1. The average Bonchev–Trinajstić information content (AvgIpc) is 3.48. The molecule has 46 heavy (non-hydrogen) atoms. The molecule has 0 radical (unpaired) electrons. The van der Waals surface area contributed by atoms with E-state index < -0.39 is 46.6 Å². The van der Waals surface area contributed by atoms with Crippen molar-refractivity contribution in [3.63, 3.8) is 0 Å². The number of esters is 1. The molecule has 1 atom stereocenters. The zero-order valence-corrected chi connectivity index (χ0v) is 23.9. The summed E-state index contributed by atoms with van der Waals surface area (Å²) in [4.78, 5) is 39.3. The second-order valence-electron chi connectivity index (χ2n) is 10.3. The zero-order chi connectivity index (χ0) is 32.3. The highest BCUT2D eigenvalue weighted by Crippen LogP contribution is 2.39. The normalized spacial score (nSPS) is 12.2. The third-order valence-electron chi connectivity index (χ3n) is 7.08. The number of rotatable bonds is 8. The van der Waals surface area contributed by atoms with Crippen LogP contribution < -0.4 is 15.5 Å². The number of hydrogen-bond acceptors (Lipinski definition) is 7. The highest BCUT2D eigenvalue weighted by molar-refractivity contribution is 5.88. The number of carbonyl (C=O) groups is 2. The Balaban J connectivity index is 1.28. The van der Waals surface area contributed by atoms with Gasteiger partial charge in [0.05, 0.1) is 5.39 Å². The summed E-state index contributed by atoms with van der Waals surface area (Å²) in [5, 5.41) is 2.82. The van der Waals surface area contributed by atoms with Crippen molar-refractivity contribution in [2.45, 2.75) is 25.2 Å². The molecule has 0 bridgehead atoms. The van der Waals surface area contributed by atoms with Crippen molar-refractivity contribution in [1.29, 1.82) is 0 Å². The molecule has 0 fully saturated rings. The minimum absolute atomic E-state index is 0.0296. The topological polar surface area (TPSA) is 108 Å². The van der Waals surface area contributed by atoms with Gasteiger partial charge in [-0.05, 0) is 35.4 Å². The van der Waals surface area contributed by atoms with Gasteiger partial charge in [0.15, 0.2) is 0 Å². The van der Waals surface area contributed by atoms with Crippen LogP contribution in [0.15, 0.2) is 123 Å². The number of para-hydroxylation sites is 1. The molecule has 8 nitrogen and oxygen atoms in total. The first-order chi connectivity index (χ1) is 22.2. The van der Waals surface area contributed by atoms with Crippen LogP contribution in [0.1, 0.15) is 16.9 Å². The molecule has 2 aromatic heterocycles. The van der Waals surface area contributed by atoms with E-state index in [4.69, 9.17) is 18.3 Å². The number of furan rings is 1. The predicted molar refractivity (Wildman–Crippen MR) is 162 cm³/mol. The van der Waals surface area contributed by atoms with E-state index in [9.17, 15) is 27.6 Å². The first-order valence-corrected chi connectivity index (χ1v) is 14.1. The molecule has 2 heterocycles. The smallest absolute Gasteiger partial charge is 0.450 e. The van der Waals surface area contributed by atoms with E-state index in [1.807, 2.05) is 6.07 Å². The largest absolute Gasteiger partial charge is 0.456 e. The predicted octanol–water partition coefficient (Wildman–Crippen LogP) is 7.67. The lowest BCUT2D eigenvalue weighted by Crippen LogP contribution is -2.44. The van der Waals surface area contributed by atoms with Crippen molar-refractivity contribution in [3.8, 4) is 17.1 Å². The van der Waals surface area contributed by atoms with Crippen LogP contribution in [-0.2, 0) is 28.7 Å². The average molecular weight is 628 g/mol. The van der Waals surface area contributed by atoms with Gasteiger partial charge in [0, 0.05) is 17.9 Å². The molecule has 0 spiro atoms. The molecule has 0 saturated carbocycles. The van der Waals surface area contributed by atoms with Crippen LogP contribution in [0.25, 0.3) is 33.3 Å². The van der Waals surface area contributed by atoms with Gasteiger partial charge in [-0.2, -0.15) is 13.2 Å².